The van der Waals surface area contributed by atoms with E-state index in [9.17, 15) is 21.6 Å². The Kier molecular flexibility index (Phi) is 12.9. The molecule has 0 saturated carbocycles. The van der Waals surface area contributed by atoms with Crippen LogP contribution in [-0.4, -0.2) is 59.5 Å². The summed E-state index contributed by atoms with van der Waals surface area (Å²) in [4.78, 5) is 17.0. The number of anilines is 3. The smallest absolute Gasteiger partial charge is 0.332 e. The molecule has 10 rings (SSSR count). The van der Waals surface area contributed by atoms with Gasteiger partial charge in [-0.25, -0.2) is 31.5 Å². The number of ether oxygens (including phenoxy) is 1. The number of primary sulfonamides is 1. The average molecular weight is 879 g/mol. The zero-order valence-corrected chi connectivity index (χ0v) is 37.5. The summed E-state index contributed by atoms with van der Waals surface area (Å²) < 4.78 is 56.6. The van der Waals surface area contributed by atoms with Crippen LogP contribution in [-0.2, 0) is 84.3 Å². The van der Waals surface area contributed by atoms with Crippen molar-refractivity contribution in [3.63, 3.8) is 0 Å². The minimum absolute atomic E-state index is 0.381. The summed E-state index contributed by atoms with van der Waals surface area (Å²) in [6.07, 6.45) is 15.8. The molecule has 0 spiro atoms. The van der Waals surface area contributed by atoms with E-state index in [4.69, 9.17) is 15.1 Å². The molecule has 0 fully saturated rings. The number of nitriles is 1. The van der Waals surface area contributed by atoms with E-state index < -0.39 is 36.6 Å². The van der Waals surface area contributed by atoms with Crippen LogP contribution in [0.25, 0.3) is 0 Å². The van der Waals surface area contributed by atoms with Crippen LogP contribution in [0, 0.1) is 11.5 Å². The standard InChI is InChI=1S/C24H29N3O3S.C13H13NO.C11H16N2O2S/c1-2-27-15-19(14-18-7-3-4-12-22(18)27)31(29,30)26-24(28)25-23-20-10-5-8-16(20)13-17-9-6-11-21(17)23;14-8-15-13-11-5-1-3-9(11)7-10-4-2-6-12(10)13;1-2-13-8-10(16(12,14)15)7-9-5-3-4-6-11(9)13/h3-4,7,12-13,19H,2,5-6,8-11,14-15H2,1H3,(H2,25,26,28);7H,1-6H2;3-6,10H,2,7-8H2,1H3,(H2,12,14,15). The number of carbonyl (C=O) groups excluding carboxylic acids is 1. The first kappa shape index (κ1) is 43.5. The van der Waals surface area contributed by atoms with Crippen molar-refractivity contribution in [2.24, 2.45) is 5.14 Å². The van der Waals surface area contributed by atoms with E-state index in [1.807, 2.05) is 68.6 Å². The molecule has 2 atom stereocenters. The molecule has 2 heterocycles. The Morgan fingerprint density at radius 3 is 1.58 bits per heavy atom. The Balaban J connectivity index is 0.000000143. The monoisotopic (exact) mass is 878 g/mol. The van der Waals surface area contributed by atoms with E-state index in [1.54, 1.807) is 0 Å². The van der Waals surface area contributed by atoms with Crippen molar-refractivity contribution >= 4 is 43.1 Å². The molecule has 328 valence electrons. The van der Waals surface area contributed by atoms with Crippen LogP contribution >= 0.6 is 0 Å². The third kappa shape index (κ3) is 9.03. The number of hydrogen-bond donors (Lipinski definition) is 3. The quantitative estimate of drug-likeness (QED) is 0.168. The highest BCUT2D eigenvalue weighted by atomic mass is 32.2. The van der Waals surface area contributed by atoms with Gasteiger partial charge < -0.3 is 19.9 Å². The fraction of sp³-hybridized carbons (Fsp3) is 0.458. The normalized spacial score (nSPS) is 19.2. The molecule has 4 aromatic rings. The zero-order chi connectivity index (χ0) is 43.6. The summed E-state index contributed by atoms with van der Waals surface area (Å²) in [5.74, 6) is 0.903. The lowest BCUT2D eigenvalue weighted by molar-refractivity contribution is 0.256. The van der Waals surface area contributed by atoms with Crippen molar-refractivity contribution in [2.75, 3.05) is 41.3 Å². The molecule has 0 radical (unpaired) electrons. The maximum atomic E-state index is 13.1. The van der Waals surface area contributed by atoms with Crippen LogP contribution in [0.4, 0.5) is 21.9 Å². The van der Waals surface area contributed by atoms with E-state index in [-0.39, 0.29) is 0 Å². The van der Waals surface area contributed by atoms with Crippen LogP contribution in [0.15, 0.2) is 60.7 Å². The number of fused-ring (bicyclic) bond motifs is 6. The van der Waals surface area contributed by atoms with Crippen LogP contribution in [0.2, 0.25) is 0 Å². The largest absolute Gasteiger partial charge is 0.387 e. The number of nitrogens with zero attached hydrogens (tertiary/aromatic N) is 3. The third-order valence-corrected chi connectivity index (χ3v) is 16.5. The molecule has 62 heavy (non-hydrogen) atoms. The maximum absolute atomic E-state index is 13.1. The Bertz CT molecular complexity index is 2560. The van der Waals surface area contributed by atoms with Crippen LogP contribution in [0.3, 0.4) is 0 Å². The number of carbonyl (C=O) groups is 1. The fourth-order valence-electron chi connectivity index (χ4n) is 10.6. The summed E-state index contributed by atoms with van der Waals surface area (Å²) in [5, 5.41) is 15.7. The topological polar surface area (TPSA) is 175 Å². The molecule has 0 saturated heterocycles. The summed E-state index contributed by atoms with van der Waals surface area (Å²) in [6, 6.07) is 19.8. The van der Waals surface area contributed by atoms with Gasteiger partial charge in [-0.2, -0.15) is 0 Å². The molecule has 6 aliphatic rings. The van der Waals surface area contributed by atoms with Crippen molar-refractivity contribution < 1.29 is 26.4 Å². The zero-order valence-electron chi connectivity index (χ0n) is 35.8. The first-order chi connectivity index (χ1) is 29.9. The number of rotatable bonds is 7. The van der Waals surface area contributed by atoms with Gasteiger partial charge >= 0.3 is 6.03 Å². The van der Waals surface area contributed by atoms with Gasteiger partial charge in [0.25, 0.3) is 6.26 Å². The second-order valence-electron chi connectivity index (χ2n) is 17.3. The minimum Gasteiger partial charge on any atom is -0.387 e. The lowest BCUT2D eigenvalue weighted by Gasteiger charge is -2.35. The molecule has 2 aliphatic heterocycles. The Morgan fingerprint density at radius 2 is 1.11 bits per heavy atom. The lowest BCUT2D eigenvalue weighted by Crippen LogP contribution is -2.49. The van der Waals surface area contributed by atoms with Crippen molar-refractivity contribution in [2.45, 2.75) is 114 Å². The van der Waals surface area contributed by atoms with Gasteiger partial charge in [0.05, 0.1) is 5.25 Å². The number of hydrogen-bond acceptors (Lipinski definition) is 9. The molecule has 0 bridgehead atoms. The Labute approximate surface area is 366 Å². The highest BCUT2D eigenvalue weighted by Crippen LogP contribution is 2.41. The fourth-order valence-corrected chi connectivity index (χ4v) is 12.6. The van der Waals surface area contributed by atoms with Gasteiger partial charge in [-0.05, 0) is 172 Å². The van der Waals surface area contributed by atoms with E-state index in [1.165, 1.54) is 57.3 Å². The SMILES string of the molecule is CCN1CC(S(=O)(=O)NC(=O)Nc2c3c(cc4c2CCC4)CCC3)Cc2ccccc21.CCN1CC(S(N)(=O)=O)Cc2ccccc21.N#COc1c2c(cc3c1CCC3)CCC2. The van der Waals surface area contributed by atoms with Crippen molar-refractivity contribution in [1.82, 2.24) is 4.72 Å². The van der Waals surface area contributed by atoms with Gasteiger partial charge in [-0.1, -0.05) is 48.5 Å². The number of sulfonamides is 2. The van der Waals surface area contributed by atoms with E-state index in [2.05, 4.69) is 32.0 Å². The van der Waals surface area contributed by atoms with Gasteiger partial charge in [0.15, 0.2) is 0 Å². The molecule has 4 aliphatic carbocycles. The first-order valence-corrected chi connectivity index (χ1v) is 25.4. The molecule has 4 N–H and O–H groups in total. The molecular weight excluding hydrogens is 821 g/mol. The van der Waals surface area contributed by atoms with Crippen molar-refractivity contribution in [3.05, 3.63) is 116 Å². The second kappa shape index (κ2) is 18.3. The van der Waals surface area contributed by atoms with Gasteiger partial charge in [-0.3, -0.25) is 0 Å². The molecule has 2 amide bonds. The third-order valence-electron chi connectivity index (χ3n) is 13.6. The van der Waals surface area contributed by atoms with Crippen molar-refractivity contribution in [1.29, 1.82) is 5.26 Å². The first-order valence-electron chi connectivity index (χ1n) is 22.3. The Morgan fingerprint density at radius 1 is 0.677 bits per heavy atom. The molecule has 14 heteroatoms. The number of benzene rings is 4. The van der Waals surface area contributed by atoms with E-state index in [0.29, 0.717) is 25.9 Å². The molecule has 2 unspecified atom stereocenters. The van der Waals surface area contributed by atoms with E-state index >= 15 is 0 Å². The van der Waals surface area contributed by atoms with Gasteiger partial charge in [0.2, 0.25) is 20.0 Å². The Hall–Kier alpha value is -5.10. The predicted octanol–water partition coefficient (Wildman–Crippen LogP) is 6.82. The van der Waals surface area contributed by atoms with Crippen LogP contribution in [0.5, 0.6) is 5.75 Å². The minimum atomic E-state index is -3.82. The lowest BCUT2D eigenvalue weighted by atomic mass is 9.99. The highest BCUT2D eigenvalue weighted by Gasteiger charge is 2.35. The van der Waals surface area contributed by atoms with Gasteiger partial charge in [0, 0.05) is 43.2 Å². The number of urea groups is 1. The molecular formula is C48H58N6O6S2. The number of para-hydroxylation sites is 2. The van der Waals surface area contributed by atoms with Crippen LogP contribution in [0.1, 0.15) is 95.2 Å². The molecule has 0 aromatic heterocycles. The molecule has 4 aromatic carbocycles. The summed E-state index contributed by atoms with van der Waals surface area (Å²) >= 11 is 0. The van der Waals surface area contributed by atoms with Gasteiger partial charge in [-0.15, -0.1) is 5.26 Å². The average Bonchev–Trinajstić information content (AvgIpc) is 4.11. The van der Waals surface area contributed by atoms with Gasteiger partial charge in [0.1, 0.15) is 11.0 Å². The summed E-state index contributed by atoms with van der Waals surface area (Å²) in [7, 11) is -7.27. The molecule has 12 nitrogen and oxygen atoms in total. The summed E-state index contributed by atoms with van der Waals surface area (Å²) in [5.41, 5.74) is 15.6. The number of amides is 2. The number of nitrogens with one attached hydrogen (secondary N) is 2. The second-order valence-corrected chi connectivity index (χ2v) is 21.1. The maximum Gasteiger partial charge on any atom is 0.332 e. The van der Waals surface area contributed by atoms with E-state index in [0.717, 1.165) is 111 Å². The number of aryl methyl sites for hydroxylation is 4. The predicted molar refractivity (Wildman–Crippen MR) is 245 cm³/mol. The van der Waals surface area contributed by atoms with Crippen molar-refractivity contribution in [3.8, 4) is 12.0 Å². The summed E-state index contributed by atoms with van der Waals surface area (Å²) in [6.45, 7) is 6.42. The highest BCUT2D eigenvalue weighted by molar-refractivity contribution is 7.90. The van der Waals surface area contributed by atoms with Crippen LogP contribution < -0.4 is 29.7 Å². The number of nitrogens with two attached hydrogens (primary N) is 1.